The molecule has 0 aromatic heterocycles. The zero-order valence-corrected chi connectivity index (χ0v) is 11.1. The van der Waals surface area contributed by atoms with Crippen molar-refractivity contribution in [1.82, 2.24) is 0 Å². The number of aliphatic hydroxyl groups is 2. The Morgan fingerprint density at radius 2 is 2.00 bits per heavy atom. The molecule has 2 atom stereocenters. The van der Waals surface area contributed by atoms with Gasteiger partial charge in [-0.05, 0) is 12.5 Å². The molecule has 0 amide bonds. The molecule has 0 aliphatic rings. The van der Waals surface area contributed by atoms with Gasteiger partial charge < -0.3 is 15.9 Å². The molecule has 4 N–H and O–H groups in total. The third-order valence-electron chi connectivity index (χ3n) is 2.54. The fourth-order valence-corrected chi connectivity index (χ4v) is 2.14. The topological polar surface area (TPSA) is 83.5 Å². The molecule has 0 saturated carbocycles. The molecule has 0 heterocycles. The van der Waals surface area contributed by atoms with Crippen LogP contribution in [-0.4, -0.2) is 27.2 Å². The molecule has 106 valence electrons. The SMILES string of the molecule is CC(=O)SCCC(O)C(O)c1ccc(N)c(F)c1F. The molecule has 2 unspecified atom stereocenters. The number of aliphatic hydroxyl groups excluding tert-OH is 2. The number of thioether (sulfide) groups is 1. The Hall–Kier alpha value is -1.18. The largest absolute Gasteiger partial charge is 0.396 e. The normalized spacial score (nSPS) is 14.2. The van der Waals surface area contributed by atoms with Crippen LogP contribution in [0.25, 0.3) is 0 Å². The predicted octanol–water partition coefficient (Wildman–Crippen LogP) is 1.61. The van der Waals surface area contributed by atoms with Crippen LogP contribution in [0.15, 0.2) is 12.1 Å². The van der Waals surface area contributed by atoms with Crippen LogP contribution >= 0.6 is 11.8 Å². The Labute approximate surface area is 113 Å². The summed E-state index contributed by atoms with van der Waals surface area (Å²) in [6.45, 7) is 1.38. The molecule has 4 nitrogen and oxygen atoms in total. The van der Waals surface area contributed by atoms with Crippen molar-refractivity contribution in [2.24, 2.45) is 0 Å². The number of carbonyl (C=O) groups is 1. The van der Waals surface area contributed by atoms with Crippen molar-refractivity contribution in [3.05, 3.63) is 29.3 Å². The number of anilines is 1. The molecule has 1 aromatic rings. The Kier molecular flexibility index (Phi) is 5.71. The van der Waals surface area contributed by atoms with Crippen LogP contribution < -0.4 is 5.73 Å². The third kappa shape index (κ3) is 4.15. The second-order valence-corrected chi connectivity index (χ2v) is 5.28. The zero-order chi connectivity index (χ0) is 14.6. The fourth-order valence-electron chi connectivity index (χ4n) is 1.50. The number of rotatable bonds is 5. The number of hydrogen-bond acceptors (Lipinski definition) is 5. The molecule has 0 aliphatic carbocycles. The molecule has 0 spiro atoms. The maximum atomic E-state index is 13.5. The van der Waals surface area contributed by atoms with E-state index < -0.39 is 23.8 Å². The van der Waals surface area contributed by atoms with Gasteiger partial charge in [0.05, 0.1) is 11.8 Å². The van der Waals surface area contributed by atoms with E-state index in [-0.39, 0.29) is 28.5 Å². The van der Waals surface area contributed by atoms with Crippen LogP contribution in [0.4, 0.5) is 14.5 Å². The summed E-state index contributed by atoms with van der Waals surface area (Å²) in [6, 6.07) is 2.24. The second kappa shape index (κ2) is 6.83. The van der Waals surface area contributed by atoms with Gasteiger partial charge in [-0.15, -0.1) is 0 Å². The van der Waals surface area contributed by atoms with Gasteiger partial charge in [0, 0.05) is 18.2 Å². The molecule has 1 rings (SSSR count). The fraction of sp³-hybridized carbons (Fsp3) is 0.417. The standard InChI is InChI=1S/C12H15F2NO3S/c1-6(16)19-5-4-9(17)12(18)7-2-3-8(15)11(14)10(7)13/h2-3,9,12,17-18H,4-5,15H2,1H3. The second-order valence-electron chi connectivity index (χ2n) is 4.01. The number of nitrogen functional groups attached to an aromatic ring is 1. The van der Waals surface area contributed by atoms with E-state index in [1.165, 1.54) is 6.92 Å². The molecule has 0 bridgehead atoms. The van der Waals surface area contributed by atoms with Gasteiger partial charge in [0.1, 0.15) is 6.10 Å². The minimum atomic E-state index is -1.57. The van der Waals surface area contributed by atoms with Crippen LogP contribution in [0.2, 0.25) is 0 Å². The average molecular weight is 291 g/mol. The van der Waals surface area contributed by atoms with E-state index in [9.17, 15) is 23.8 Å². The number of halogens is 2. The van der Waals surface area contributed by atoms with Gasteiger partial charge in [-0.1, -0.05) is 17.8 Å². The molecule has 0 fully saturated rings. The predicted molar refractivity (Wildman–Crippen MR) is 69.5 cm³/mol. The van der Waals surface area contributed by atoms with Gasteiger partial charge in [0.2, 0.25) is 0 Å². The first-order valence-electron chi connectivity index (χ1n) is 5.57. The van der Waals surface area contributed by atoms with Crippen molar-refractivity contribution in [2.45, 2.75) is 25.6 Å². The molecule has 0 aliphatic heterocycles. The highest BCUT2D eigenvalue weighted by Crippen LogP contribution is 2.26. The molecular weight excluding hydrogens is 276 g/mol. The first-order valence-corrected chi connectivity index (χ1v) is 6.56. The summed E-state index contributed by atoms with van der Waals surface area (Å²) in [6.07, 6.45) is -2.77. The number of nitrogens with two attached hydrogens (primary N) is 1. The summed E-state index contributed by atoms with van der Waals surface area (Å²) in [7, 11) is 0. The highest BCUT2D eigenvalue weighted by atomic mass is 32.2. The highest BCUT2D eigenvalue weighted by Gasteiger charge is 2.24. The molecule has 19 heavy (non-hydrogen) atoms. The summed E-state index contributed by atoms with van der Waals surface area (Å²) in [4.78, 5) is 10.7. The summed E-state index contributed by atoms with van der Waals surface area (Å²) in [5, 5.41) is 19.3. The van der Waals surface area contributed by atoms with E-state index >= 15 is 0 Å². The van der Waals surface area contributed by atoms with Gasteiger partial charge in [0.25, 0.3) is 0 Å². The van der Waals surface area contributed by atoms with E-state index in [1.807, 2.05) is 0 Å². The van der Waals surface area contributed by atoms with E-state index in [2.05, 4.69) is 0 Å². The molecule has 0 radical (unpaired) electrons. The lowest BCUT2D eigenvalue weighted by molar-refractivity contribution is -0.109. The van der Waals surface area contributed by atoms with E-state index in [0.29, 0.717) is 0 Å². The monoisotopic (exact) mass is 291 g/mol. The lowest BCUT2D eigenvalue weighted by Gasteiger charge is -2.18. The molecule has 1 aromatic carbocycles. The quantitative estimate of drug-likeness (QED) is 0.718. The van der Waals surface area contributed by atoms with Gasteiger partial charge >= 0.3 is 0 Å². The Morgan fingerprint density at radius 3 is 2.58 bits per heavy atom. The van der Waals surface area contributed by atoms with Gasteiger partial charge in [-0.25, -0.2) is 8.78 Å². The number of hydrogen-bond donors (Lipinski definition) is 3. The van der Waals surface area contributed by atoms with Crippen LogP contribution in [-0.2, 0) is 4.79 Å². The Bertz CT molecular complexity index is 471. The molecule has 7 heteroatoms. The Balaban J connectivity index is 2.74. The maximum absolute atomic E-state index is 13.5. The Morgan fingerprint density at radius 1 is 1.37 bits per heavy atom. The summed E-state index contributed by atoms with van der Waals surface area (Å²) in [5.41, 5.74) is 4.46. The van der Waals surface area contributed by atoms with Gasteiger partial charge in [-0.3, -0.25) is 4.79 Å². The minimum Gasteiger partial charge on any atom is -0.396 e. The van der Waals surface area contributed by atoms with E-state index in [4.69, 9.17) is 5.73 Å². The lowest BCUT2D eigenvalue weighted by Crippen LogP contribution is -2.21. The third-order valence-corrected chi connectivity index (χ3v) is 3.39. The maximum Gasteiger partial charge on any atom is 0.185 e. The minimum absolute atomic E-state index is 0.0802. The van der Waals surface area contributed by atoms with Crippen LogP contribution in [0, 0.1) is 11.6 Å². The van der Waals surface area contributed by atoms with Crippen LogP contribution in [0.1, 0.15) is 25.0 Å². The van der Waals surface area contributed by atoms with Crippen molar-refractivity contribution >= 4 is 22.6 Å². The highest BCUT2D eigenvalue weighted by molar-refractivity contribution is 8.13. The smallest absolute Gasteiger partial charge is 0.185 e. The van der Waals surface area contributed by atoms with Crippen molar-refractivity contribution in [3.63, 3.8) is 0 Å². The van der Waals surface area contributed by atoms with Crippen molar-refractivity contribution in [1.29, 1.82) is 0 Å². The molecule has 0 saturated heterocycles. The first kappa shape index (κ1) is 15.9. The van der Waals surface area contributed by atoms with Crippen LogP contribution in [0.3, 0.4) is 0 Å². The summed E-state index contributed by atoms with van der Waals surface area (Å²) >= 11 is 0.984. The summed E-state index contributed by atoms with van der Waals surface area (Å²) in [5.74, 6) is -2.24. The summed E-state index contributed by atoms with van der Waals surface area (Å²) < 4.78 is 26.8. The lowest BCUT2D eigenvalue weighted by atomic mass is 10.0. The van der Waals surface area contributed by atoms with Gasteiger partial charge in [-0.2, -0.15) is 0 Å². The average Bonchev–Trinajstić information content (AvgIpc) is 2.35. The van der Waals surface area contributed by atoms with Crippen molar-refractivity contribution < 1.29 is 23.8 Å². The zero-order valence-electron chi connectivity index (χ0n) is 10.3. The number of benzene rings is 1. The van der Waals surface area contributed by atoms with Gasteiger partial charge in [0.15, 0.2) is 16.7 Å². The van der Waals surface area contributed by atoms with Crippen LogP contribution in [0.5, 0.6) is 0 Å². The van der Waals surface area contributed by atoms with E-state index in [0.717, 1.165) is 23.9 Å². The number of carbonyl (C=O) groups excluding carboxylic acids is 1. The van der Waals surface area contributed by atoms with Crippen molar-refractivity contribution in [3.8, 4) is 0 Å². The first-order chi connectivity index (χ1) is 8.84. The van der Waals surface area contributed by atoms with E-state index in [1.54, 1.807) is 0 Å². The molecular formula is C12H15F2NO3S. The van der Waals surface area contributed by atoms with Crippen molar-refractivity contribution in [2.75, 3.05) is 11.5 Å².